The highest BCUT2D eigenvalue weighted by molar-refractivity contribution is 5.61. The van der Waals surface area contributed by atoms with E-state index >= 15 is 0 Å². The van der Waals surface area contributed by atoms with Gasteiger partial charge in [0.15, 0.2) is 0 Å². The number of nitriles is 1. The number of aromatic nitrogens is 1. The summed E-state index contributed by atoms with van der Waals surface area (Å²) >= 11 is 0. The highest BCUT2D eigenvalue weighted by atomic mass is 16.3. The van der Waals surface area contributed by atoms with E-state index in [0.717, 1.165) is 16.8 Å². The second-order valence-corrected chi connectivity index (χ2v) is 6.84. The molecule has 1 saturated carbocycles. The zero-order valence-electron chi connectivity index (χ0n) is 15.2. The largest absolute Gasteiger partial charge is 0.444 e. The maximum Gasteiger partial charge on any atom is 0.226 e. The number of hydrogen-bond acceptors (Lipinski definition) is 5. The molecule has 0 aliphatic heterocycles. The summed E-state index contributed by atoms with van der Waals surface area (Å²) < 4.78 is 5.53. The van der Waals surface area contributed by atoms with Crippen LogP contribution in [0.25, 0.3) is 11.5 Å². The van der Waals surface area contributed by atoms with Crippen molar-refractivity contribution in [1.82, 2.24) is 4.98 Å². The zero-order chi connectivity index (χ0) is 19.1. The first-order chi connectivity index (χ1) is 13.2. The molecule has 1 aromatic heterocycles. The van der Waals surface area contributed by atoms with E-state index in [0.29, 0.717) is 38.1 Å². The molecule has 5 heteroatoms. The minimum absolute atomic E-state index is 0.270. The van der Waals surface area contributed by atoms with E-state index < -0.39 is 0 Å². The van der Waals surface area contributed by atoms with Crippen molar-refractivity contribution < 1.29 is 9.52 Å². The second-order valence-electron chi connectivity index (χ2n) is 6.84. The van der Waals surface area contributed by atoms with Gasteiger partial charge >= 0.3 is 0 Å². The van der Waals surface area contributed by atoms with Crippen LogP contribution in [0.2, 0.25) is 0 Å². The summed E-state index contributed by atoms with van der Waals surface area (Å²) in [4.78, 5) is 8.99. The smallest absolute Gasteiger partial charge is 0.226 e. The lowest BCUT2D eigenvalue weighted by molar-refractivity contribution is -0.00642. The van der Waals surface area contributed by atoms with Crippen molar-refractivity contribution in [2.45, 2.75) is 31.8 Å². The molecule has 1 aliphatic carbocycles. The number of aliphatic imine (C=N–C) groups is 1. The first kappa shape index (κ1) is 18.8. The Kier molecular flexibility index (Phi) is 6.00. The lowest BCUT2D eigenvalue weighted by atomic mass is 9.60. The topological polar surface area (TPSA) is 82.4 Å². The molecule has 2 aromatic rings. The van der Waals surface area contributed by atoms with E-state index in [-0.39, 0.29) is 11.5 Å². The van der Waals surface area contributed by atoms with Gasteiger partial charge in [-0.1, -0.05) is 36.9 Å². The Bertz CT molecular complexity index is 868. The van der Waals surface area contributed by atoms with Gasteiger partial charge in [0.25, 0.3) is 0 Å². The lowest BCUT2D eigenvalue weighted by Gasteiger charge is -2.45. The van der Waals surface area contributed by atoms with Crippen molar-refractivity contribution in [3.8, 4) is 17.5 Å². The van der Waals surface area contributed by atoms with Gasteiger partial charge in [0, 0.05) is 30.0 Å². The highest BCUT2D eigenvalue weighted by Gasteiger charge is 2.45. The maximum atomic E-state index is 9.72. The van der Waals surface area contributed by atoms with Crippen LogP contribution in [0.15, 0.2) is 70.3 Å². The van der Waals surface area contributed by atoms with Crippen LogP contribution in [0.4, 0.5) is 0 Å². The van der Waals surface area contributed by atoms with Gasteiger partial charge in [0.2, 0.25) is 5.89 Å². The van der Waals surface area contributed by atoms with E-state index in [9.17, 15) is 5.11 Å². The van der Waals surface area contributed by atoms with Crippen LogP contribution in [0.5, 0.6) is 0 Å². The number of nitrogens with zero attached hydrogens (tertiary/aromatic N) is 3. The van der Waals surface area contributed by atoms with Crippen molar-refractivity contribution in [2.24, 2.45) is 10.4 Å². The van der Waals surface area contributed by atoms with E-state index in [1.54, 1.807) is 12.3 Å². The number of aliphatic hydroxyl groups excluding tert-OH is 1. The Balaban J connectivity index is 1.61. The van der Waals surface area contributed by atoms with Gasteiger partial charge in [-0.25, -0.2) is 4.98 Å². The van der Waals surface area contributed by atoms with Gasteiger partial charge < -0.3 is 9.52 Å². The van der Waals surface area contributed by atoms with Crippen LogP contribution in [-0.4, -0.2) is 29.0 Å². The van der Waals surface area contributed by atoms with E-state index in [1.165, 1.54) is 0 Å². The molecule has 1 N–H and O–H groups in total. The molecule has 0 atom stereocenters. The molecule has 138 valence electrons. The molecule has 27 heavy (non-hydrogen) atoms. The van der Waals surface area contributed by atoms with Crippen molar-refractivity contribution >= 4 is 6.21 Å². The fraction of sp³-hybridized carbons (Fsp3) is 0.318. The monoisotopic (exact) mass is 361 g/mol. The van der Waals surface area contributed by atoms with E-state index in [4.69, 9.17) is 9.68 Å². The number of benzene rings is 1. The van der Waals surface area contributed by atoms with Gasteiger partial charge in [0.1, 0.15) is 6.26 Å². The molecular formula is C22H23N3O2. The highest BCUT2D eigenvalue weighted by Crippen LogP contribution is 2.49. The van der Waals surface area contributed by atoms with Crippen LogP contribution in [0, 0.1) is 16.7 Å². The minimum atomic E-state index is -0.331. The Morgan fingerprint density at radius 1 is 1.41 bits per heavy atom. The third-order valence-electron chi connectivity index (χ3n) is 4.93. The van der Waals surface area contributed by atoms with Gasteiger partial charge in [-0.3, -0.25) is 4.99 Å². The van der Waals surface area contributed by atoms with Gasteiger partial charge in [-0.15, -0.1) is 0 Å². The normalized spacial score (nSPS) is 22.4. The molecule has 1 fully saturated rings. The molecule has 0 unspecified atom stereocenters. The van der Waals surface area contributed by atoms with Crippen LogP contribution in [-0.2, 0) is 6.42 Å². The average molecular weight is 361 g/mol. The maximum absolute atomic E-state index is 9.72. The molecule has 1 heterocycles. The molecule has 0 amide bonds. The molecule has 3 rings (SSSR count). The molecule has 5 nitrogen and oxygen atoms in total. The Labute approximate surface area is 159 Å². The predicted octanol–water partition coefficient (Wildman–Crippen LogP) is 4.12. The second kappa shape index (κ2) is 8.61. The van der Waals surface area contributed by atoms with Crippen molar-refractivity contribution in [3.63, 3.8) is 0 Å². The van der Waals surface area contributed by atoms with E-state index in [2.05, 4.69) is 22.6 Å². The summed E-state index contributed by atoms with van der Waals surface area (Å²) in [6.45, 7) is 4.25. The Morgan fingerprint density at radius 3 is 2.85 bits per heavy atom. The molecule has 0 bridgehead atoms. The summed E-state index contributed by atoms with van der Waals surface area (Å²) in [5, 5.41) is 18.9. The quantitative estimate of drug-likeness (QED) is 0.566. The average Bonchev–Trinajstić information content (AvgIpc) is 3.12. The molecule has 0 saturated heterocycles. The number of aliphatic hydroxyl groups is 1. The predicted molar refractivity (Wildman–Crippen MR) is 105 cm³/mol. The molecule has 0 spiro atoms. The van der Waals surface area contributed by atoms with E-state index in [1.807, 2.05) is 42.6 Å². The lowest BCUT2D eigenvalue weighted by Crippen LogP contribution is -2.42. The van der Waals surface area contributed by atoms with Gasteiger partial charge in [-0.2, -0.15) is 5.26 Å². The third-order valence-corrected chi connectivity index (χ3v) is 4.93. The van der Waals surface area contributed by atoms with Crippen molar-refractivity contribution in [3.05, 3.63) is 66.6 Å². The summed E-state index contributed by atoms with van der Waals surface area (Å²) in [7, 11) is 0. The molecule has 1 aliphatic rings. The van der Waals surface area contributed by atoms with Crippen molar-refractivity contribution in [1.29, 1.82) is 5.26 Å². The Hall–Kier alpha value is -2.97. The first-order valence-corrected chi connectivity index (χ1v) is 9.02. The summed E-state index contributed by atoms with van der Waals surface area (Å²) in [5.74, 6) is 0.600. The van der Waals surface area contributed by atoms with Gasteiger partial charge in [-0.05, 0) is 30.5 Å². The number of allylic oxidation sites excluding steroid dienone is 2. The first-order valence-electron chi connectivity index (χ1n) is 9.02. The third kappa shape index (κ3) is 4.42. The van der Waals surface area contributed by atoms with Crippen molar-refractivity contribution in [2.75, 3.05) is 6.54 Å². The Morgan fingerprint density at radius 2 is 2.19 bits per heavy atom. The molecule has 0 radical (unpaired) electrons. The standard InChI is InChI=1S/C22H23N3O2/c1-2-6-18(22(10-11-23)13-20(26)14-22)15-24-12-9-19-16-27-21(25-19)17-7-4-3-5-8-17/h2-8,12,16,20,26H,1,9-10,13-15H2/b18-6+,24-12?. The summed E-state index contributed by atoms with van der Waals surface area (Å²) in [5.41, 5.74) is 2.54. The summed E-state index contributed by atoms with van der Waals surface area (Å²) in [6.07, 6.45) is 8.96. The number of hydrogen-bond donors (Lipinski definition) is 1. The number of rotatable bonds is 8. The molecular weight excluding hydrogens is 338 g/mol. The van der Waals surface area contributed by atoms with Crippen LogP contribution in [0.1, 0.15) is 25.0 Å². The molecule has 1 aromatic carbocycles. The SMILES string of the molecule is C=C/C=C(\CN=CCc1coc(-c2ccccc2)n1)C1(CC#N)CC(O)C1. The van der Waals surface area contributed by atoms with Gasteiger partial charge in [0.05, 0.1) is 24.4 Å². The van der Waals surface area contributed by atoms with Crippen LogP contribution < -0.4 is 0 Å². The van der Waals surface area contributed by atoms with Crippen LogP contribution in [0.3, 0.4) is 0 Å². The number of oxazole rings is 1. The fourth-order valence-corrected chi connectivity index (χ4v) is 3.49. The summed E-state index contributed by atoms with van der Waals surface area (Å²) in [6, 6.07) is 12.0. The van der Waals surface area contributed by atoms with Crippen LogP contribution >= 0.6 is 0 Å². The zero-order valence-corrected chi connectivity index (χ0v) is 15.2. The minimum Gasteiger partial charge on any atom is -0.444 e. The fourth-order valence-electron chi connectivity index (χ4n) is 3.49.